The fourth-order valence-corrected chi connectivity index (χ4v) is 5.62. The molecule has 1 aromatic rings. The predicted octanol–water partition coefficient (Wildman–Crippen LogP) is 2.03. The molecule has 0 aromatic heterocycles. The zero-order valence-corrected chi connectivity index (χ0v) is 18.8. The van der Waals surface area contributed by atoms with Crippen LogP contribution in [0.1, 0.15) is 37.8 Å². The number of nitrogens with zero attached hydrogens (tertiary/aromatic N) is 3. The van der Waals surface area contributed by atoms with Crippen LogP contribution >= 0.6 is 0 Å². The van der Waals surface area contributed by atoms with Crippen molar-refractivity contribution in [1.82, 2.24) is 20.0 Å². The van der Waals surface area contributed by atoms with Crippen LogP contribution in [0, 0.1) is 17.8 Å². The lowest BCUT2D eigenvalue weighted by Gasteiger charge is -2.33. The molecule has 8 heteroatoms. The molecule has 3 heterocycles. The van der Waals surface area contributed by atoms with Gasteiger partial charge in [-0.25, -0.2) is 4.79 Å². The fraction of sp³-hybridized carbons (Fsp3) is 0.625. The number of carboxylic acid groups (broad SMARTS) is 1. The molecule has 174 valence electrons. The Hall–Kier alpha value is -2.61. The molecule has 3 saturated heterocycles. The Bertz CT molecular complexity index is 811. The van der Waals surface area contributed by atoms with E-state index in [1.54, 1.807) is 6.92 Å². The second-order valence-electron chi connectivity index (χ2n) is 9.50. The minimum atomic E-state index is -1.000. The Balaban J connectivity index is 1.24. The number of carbonyl (C=O) groups is 3. The van der Waals surface area contributed by atoms with Gasteiger partial charge in [0.25, 0.3) is 0 Å². The molecule has 2 unspecified atom stereocenters. The number of likely N-dealkylation sites (tertiary alicyclic amines) is 3. The van der Waals surface area contributed by atoms with Gasteiger partial charge in [0, 0.05) is 58.7 Å². The number of fused-ring (bicyclic) bond motifs is 1. The molecule has 3 aliphatic heterocycles. The predicted molar refractivity (Wildman–Crippen MR) is 120 cm³/mol. The maximum atomic E-state index is 13.0. The van der Waals surface area contributed by atoms with Gasteiger partial charge in [-0.3, -0.25) is 9.59 Å². The van der Waals surface area contributed by atoms with E-state index < -0.39 is 6.09 Å². The summed E-state index contributed by atoms with van der Waals surface area (Å²) in [6.45, 7) is 7.38. The van der Waals surface area contributed by atoms with Crippen molar-refractivity contribution in [2.45, 2.75) is 32.2 Å². The van der Waals surface area contributed by atoms with Crippen molar-refractivity contribution in [3.63, 3.8) is 0 Å². The van der Waals surface area contributed by atoms with Crippen molar-refractivity contribution in [2.75, 3.05) is 45.8 Å². The number of piperidine rings is 1. The van der Waals surface area contributed by atoms with E-state index in [-0.39, 0.29) is 23.8 Å². The van der Waals surface area contributed by atoms with Gasteiger partial charge in [0.1, 0.15) is 0 Å². The van der Waals surface area contributed by atoms with Crippen molar-refractivity contribution in [3.05, 3.63) is 35.9 Å². The average molecular weight is 443 g/mol. The van der Waals surface area contributed by atoms with Crippen LogP contribution in [0.15, 0.2) is 30.3 Å². The van der Waals surface area contributed by atoms with Crippen LogP contribution in [0.2, 0.25) is 0 Å². The first-order chi connectivity index (χ1) is 15.4. The van der Waals surface area contributed by atoms with Gasteiger partial charge in [-0.05, 0) is 36.7 Å². The van der Waals surface area contributed by atoms with Gasteiger partial charge in [-0.15, -0.1) is 0 Å². The van der Waals surface area contributed by atoms with Crippen molar-refractivity contribution in [3.8, 4) is 0 Å². The monoisotopic (exact) mass is 442 g/mol. The van der Waals surface area contributed by atoms with E-state index in [1.165, 1.54) is 0 Å². The summed E-state index contributed by atoms with van der Waals surface area (Å²) in [6, 6.07) is 9.51. The first kappa shape index (κ1) is 22.6. The first-order valence-corrected chi connectivity index (χ1v) is 11.7. The molecule has 0 aliphatic carbocycles. The van der Waals surface area contributed by atoms with Gasteiger partial charge in [0.2, 0.25) is 11.8 Å². The van der Waals surface area contributed by atoms with Crippen molar-refractivity contribution >= 4 is 17.9 Å². The van der Waals surface area contributed by atoms with Gasteiger partial charge in [-0.1, -0.05) is 30.3 Å². The van der Waals surface area contributed by atoms with Gasteiger partial charge in [0.05, 0.1) is 6.04 Å². The second-order valence-corrected chi connectivity index (χ2v) is 9.50. The number of nitrogens with one attached hydrogen (secondary N) is 1. The molecule has 0 saturated carbocycles. The number of benzene rings is 1. The van der Waals surface area contributed by atoms with Crippen LogP contribution < -0.4 is 5.32 Å². The number of rotatable bonds is 6. The fourth-order valence-electron chi connectivity index (χ4n) is 5.62. The molecule has 8 nitrogen and oxygen atoms in total. The van der Waals surface area contributed by atoms with Gasteiger partial charge >= 0.3 is 6.09 Å². The standard InChI is InChI=1S/C24H34N4O4/c1-17(29)27-11-7-19(8-12-27)23(30)28-15-20-13-26(14-21(20)16-28)10-9-22(25-24(31)32)18-5-3-2-4-6-18/h2-6,19-22,25H,7-16H2,1H3,(H,31,32)/t20-,21?,22?/m0/s1. The molecule has 32 heavy (non-hydrogen) atoms. The van der Waals surface area contributed by atoms with Crippen LogP contribution in [0.4, 0.5) is 4.79 Å². The Morgan fingerprint density at radius 2 is 1.62 bits per heavy atom. The van der Waals surface area contributed by atoms with Crippen molar-refractivity contribution in [2.24, 2.45) is 17.8 Å². The highest BCUT2D eigenvalue weighted by atomic mass is 16.4. The highest BCUT2D eigenvalue weighted by Gasteiger charge is 2.43. The minimum Gasteiger partial charge on any atom is -0.465 e. The molecule has 1 aromatic carbocycles. The second kappa shape index (κ2) is 9.90. The summed E-state index contributed by atoms with van der Waals surface area (Å²) in [5, 5.41) is 11.9. The van der Waals surface area contributed by atoms with Gasteiger partial charge in [-0.2, -0.15) is 0 Å². The molecule has 3 amide bonds. The van der Waals surface area contributed by atoms with Crippen LogP contribution in [0.3, 0.4) is 0 Å². The Kier molecular flexibility index (Phi) is 6.98. The summed E-state index contributed by atoms with van der Waals surface area (Å²) >= 11 is 0. The third-order valence-electron chi connectivity index (χ3n) is 7.40. The summed E-state index contributed by atoms with van der Waals surface area (Å²) in [4.78, 5) is 42.1. The third-order valence-corrected chi connectivity index (χ3v) is 7.40. The SMILES string of the molecule is CC(=O)N1CCC(C(=O)N2CC3CN(CCC(NC(=O)O)c4ccccc4)C[C@H]3C2)CC1. The van der Waals surface area contributed by atoms with Crippen LogP contribution in [0.5, 0.6) is 0 Å². The van der Waals surface area contributed by atoms with Crippen LogP contribution in [-0.2, 0) is 9.59 Å². The summed E-state index contributed by atoms with van der Waals surface area (Å²) in [5.74, 6) is 1.41. The topological polar surface area (TPSA) is 93.2 Å². The first-order valence-electron chi connectivity index (χ1n) is 11.7. The lowest BCUT2D eigenvalue weighted by atomic mass is 9.95. The number of carbonyl (C=O) groups excluding carboxylic acids is 2. The van der Waals surface area contributed by atoms with E-state index in [4.69, 9.17) is 0 Å². The third kappa shape index (κ3) is 5.23. The lowest BCUT2D eigenvalue weighted by Crippen LogP contribution is -2.44. The molecule has 0 bridgehead atoms. The maximum absolute atomic E-state index is 13.0. The van der Waals surface area contributed by atoms with E-state index in [2.05, 4.69) is 15.1 Å². The molecule has 3 aliphatic rings. The Morgan fingerprint density at radius 1 is 1.00 bits per heavy atom. The zero-order chi connectivity index (χ0) is 22.7. The largest absolute Gasteiger partial charge is 0.465 e. The van der Waals surface area contributed by atoms with Crippen LogP contribution in [-0.4, -0.2) is 83.5 Å². The molecular formula is C24H34N4O4. The van der Waals surface area contributed by atoms with E-state index in [9.17, 15) is 19.5 Å². The number of hydrogen-bond donors (Lipinski definition) is 2. The van der Waals surface area contributed by atoms with E-state index >= 15 is 0 Å². The Labute approximate surface area is 189 Å². The van der Waals surface area contributed by atoms with Crippen LogP contribution in [0.25, 0.3) is 0 Å². The summed E-state index contributed by atoms with van der Waals surface area (Å²) < 4.78 is 0. The molecule has 0 spiro atoms. The molecular weight excluding hydrogens is 408 g/mol. The van der Waals surface area contributed by atoms with Gasteiger partial charge < -0.3 is 25.1 Å². The summed E-state index contributed by atoms with van der Waals surface area (Å²) in [6.07, 6.45) is 1.27. The molecule has 0 radical (unpaired) electrons. The average Bonchev–Trinajstić information content (AvgIpc) is 3.35. The highest BCUT2D eigenvalue weighted by Crippen LogP contribution is 2.33. The maximum Gasteiger partial charge on any atom is 0.405 e. The van der Waals surface area contributed by atoms with E-state index in [0.717, 1.165) is 57.5 Å². The number of hydrogen-bond acceptors (Lipinski definition) is 4. The minimum absolute atomic E-state index is 0.0502. The molecule has 2 N–H and O–H groups in total. The molecule has 3 fully saturated rings. The molecule has 4 rings (SSSR count). The quantitative estimate of drug-likeness (QED) is 0.703. The highest BCUT2D eigenvalue weighted by molar-refractivity contribution is 5.80. The summed E-state index contributed by atoms with van der Waals surface area (Å²) in [7, 11) is 0. The smallest absolute Gasteiger partial charge is 0.405 e. The van der Waals surface area contributed by atoms with E-state index in [1.807, 2.05) is 35.2 Å². The van der Waals surface area contributed by atoms with E-state index in [0.29, 0.717) is 24.9 Å². The molecule has 3 atom stereocenters. The zero-order valence-electron chi connectivity index (χ0n) is 18.8. The number of amides is 3. The lowest BCUT2D eigenvalue weighted by molar-refractivity contribution is -0.139. The summed E-state index contributed by atoms with van der Waals surface area (Å²) in [5.41, 5.74) is 0.988. The normalized spacial score (nSPS) is 24.9. The van der Waals surface area contributed by atoms with Gasteiger partial charge in [0.15, 0.2) is 0 Å². The van der Waals surface area contributed by atoms with Crippen molar-refractivity contribution in [1.29, 1.82) is 0 Å². The van der Waals surface area contributed by atoms with Crippen molar-refractivity contribution < 1.29 is 19.5 Å². The Morgan fingerprint density at radius 3 is 2.19 bits per heavy atom.